The Morgan fingerprint density at radius 2 is 2.07 bits per heavy atom. The van der Waals surface area contributed by atoms with Crippen LogP contribution >= 0.6 is 11.6 Å². The molecule has 0 bridgehead atoms. The van der Waals surface area contributed by atoms with Gasteiger partial charge >= 0.3 is 0 Å². The summed E-state index contributed by atoms with van der Waals surface area (Å²) < 4.78 is 0. The molecule has 0 unspecified atom stereocenters. The number of likely N-dealkylation sites (N-methyl/N-ethyl adjacent to an activating group) is 1. The first-order valence-electron chi connectivity index (χ1n) is 5.36. The molecular formula is C11H21ClN2. The summed E-state index contributed by atoms with van der Waals surface area (Å²) in [6.45, 7) is 9.71. The van der Waals surface area contributed by atoms with Crippen LogP contribution in [0, 0.1) is 0 Å². The SMILES string of the molecule is C=C(CCl)CN(C)CCN1CCCC1. The third kappa shape index (κ3) is 4.45. The summed E-state index contributed by atoms with van der Waals surface area (Å²) >= 11 is 5.69. The van der Waals surface area contributed by atoms with Crippen LogP contribution in [0.15, 0.2) is 12.2 Å². The van der Waals surface area contributed by atoms with Crippen molar-refractivity contribution in [2.24, 2.45) is 0 Å². The van der Waals surface area contributed by atoms with Crippen molar-refractivity contribution in [3.8, 4) is 0 Å². The number of likely N-dealkylation sites (tertiary alicyclic amines) is 1. The molecule has 1 saturated heterocycles. The Labute approximate surface area is 92.5 Å². The predicted octanol–water partition coefficient (Wildman–Crippen LogP) is 1.81. The summed E-state index contributed by atoms with van der Waals surface area (Å²) in [5.41, 5.74) is 1.11. The van der Waals surface area contributed by atoms with Gasteiger partial charge in [0.15, 0.2) is 0 Å². The summed E-state index contributed by atoms with van der Waals surface area (Å²) in [4.78, 5) is 4.82. The highest BCUT2D eigenvalue weighted by molar-refractivity contribution is 6.19. The van der Waals surface area contributed by atoms with Gasteiger partial charge < -0.3 is 9.80 Å². The van der Waals surface area contributed by atoms with Crippen LogP contribution in [-0.4, -0.2) is 55.5 Å². The summed E-state index contributed by atoms with van der Waals surface area (Å²) in [7, 11) is 2.13. The molecule has 0 atom stereocenters. The van der Waals surface area contributed by atoms with Crippen molar-refractivity contribution >= 4 is 11.6 Å². The first-order valence-corrected chi connectivity index (χ1v) is 5.89. The highest BCUT2D eigenvalue weighted by atomic mass is 35.5. The molecular weight excluding hydrogens is 196 g/mol. The molecule has 0 saturated carbocycles. The fraction of sp³-hybridized carbons (Fsp3) is 0.818. The van der Waals surface area contributed by atoms with Crippen LogP contribution in [0.2, 0.25) is 0 Å². The maximum atomic E-state index is 5.69. The molecule has 14 heavy (non-hydrogen) atoms. The van der Waals surface area contributed by atoms with E-state index in [1.807, 2.05) is 0 Å². The van der Waals surface area contributed by atoms with E-state index in [4.69, 9.17) is 11.6 Å². The second-order valence-electron chi connectivity index (χ2n) is 4.17. The molecule has 2 nitrogen and oxygen atoms in total. The summed E-state index contributed by atoms with van der Waals surface area (Å²) in [6, 6.07) is 0. The Balaban J connectivity index is 2.07. The fourth-order valence-corrected chi connectivity index (χ4v) is 1.91. The van der Waals surface area contributed by atoms with E-state index in [-0.39, 0.29) is 0 Å². The third-order valence-corrected chi connectivity index (χ3v) is 3.06. The van der Waals surface area contributed by atoms with Gasteiger partial charge in [-0.1, -0.05) is 6.58 Å². The van der Waals surface area contributed by atoms with E-state index in [1.165, 1.54) is 32.5 Å². The van der Waals surface area contributed by atoms with Gasteiger partial charge in [-0.2, -0.15) is 0 Å². The molecule has 1 rings (SSSR count). The third-order valence-electron chi connectivity index (χ3n) is 2.68. The second kappa shape index (κ2) is 6.44. The van der Waals surface area contributed by atoms with E-state index in [1.54, 1.807) is 0 Å². The van der Waals surface area contributed by atoms with E-state index < -0.39 is 0 Å². The van der Waals surface area contributed by atoms with Crippen LogP contribution < -0.4 is 0 Å². The van der Waals surface area contributed by atoms with Gasteiger partial charge in [0, 0.05) is 25.5 Å². The number of alkyl halides is 1. The second-order valence-corrected chi connectivity index (χ2v) is 4.44. The van der Waals surface area contributed by atoms with Crippen LogP contribution in [-0.2, 0) is 0 Å². The highest BCUT2D eigenvalue weighted by Gasteiger charge is 2.11. The van der Waals surface area contributed by atoms with Crippen molar-refractivity contribution in [2.45, 2.75) is 12.8 Å². The van der Waals surface area contributed by atoms with Crippen LogP contribution in [0.3, 0.4) is 0 Å². The van der Waals surface area contributed by atoms with Crippen LogP contribution in [0.5, 0.6) is 0 Å². The predicted molar refractivity (Wildman–Crippen MR) is 63.0 cm³/mol. The van der Waals surface area contributed by atoms with Crippen molar-refractivity contribution in [2.75, 3.05) is 45.7 Å². The maximum absolute atomic E-state index is 5.69. The Kier molecular flexibility index (Phi) is 5.53. The molecule has 0 aromatic rings. The molecule has 1 fully saturated rings. The molecule has 3 heteroatoms. The van der Waals surface area contributed by atoms with Crippen molar-refractivity contribution in [1.82, 2.24) is 9.80 Å². The van der Waals surface area contributed by atoms with E-state index in [2.05, 4.69) is 23.4 Å². The Bertz CT molecular complexity index is 176. The minimum absolute atomic E-state index is 0.577. The van der Waals surface area contributed by atoms with E-state index in [0.29, 0.717) is 5.88 Å². The lowest BCUT2D eigenvalue weighted by Crippen LogP contribution is -2.32. The van der Waals surface area contributed by atoms with Crippen LogP contribution in [0.4, 0.5) is 0 Å². The van der Waals surface area contributed by atoms with E-state index in [9.17, 15) is 0 Å². The van der Waals surface area contributed by atoms with Gasteiger partial charge in [-0.15, -0.1) is 11.6 Å². The van der Waals surface area contributed by atoms with Crippen molar-refractivity contribution in [3.63, 3.8) is 0 Å². The van der Waals surface area contributed by atoms with E-state index in [0.717, 1.165) is 18.7 Å². The van der Waals surface area contributed by atoms with Gasteiger partial charge in [0.1, 0.15) is 0 Å². The van der Waals surface area contributed by atoms with Gasteiger partial charge in [0.25, 0.3) is 0 Å². The average Bonchev–Trinajstić information content (AvgIpc) is 2.67. The van der Waals surface area contributed by atoms with Gasteiger partial charge in [0.05, 0.1) is 0 Å². The number of hydrogen-bond acceptors (Lipinski definition) is 2. The number of halogens is 1. The molecule has 0 aliphatic carbocycles. The number of hydrogen-bond donors (Lipinski definition) is 0. The zero-order valence-corrected chi connectivity index (χ0v) is 9.89. The quantitative estimate of drug-likeness (QED) is 0.494. The fourth-order valence-electron chi connectivity index (χ4n) is 1.82. The molecule has 1 aliphatic rings. The normalized spacial score (nSPS) is 17.9. The minimum atomic E-state index is 0.577. The van der Waals surface area contributed by atoms with Gasteiger partial charge in [-0.05, 0) is 38.6 Å². The first kappa shape index (κ1) is 12.0. The zero-order chi connectivity index (χ0) is 10.4. The van der Waals surface area contributed by atoms with Gasteiger partial charge in [-0.25, -0.2) is 0 Å². The maximum Gasteiger partial charge on any atom is 0.0443 e. The molecule has 0 radical (unpaired) electrons. The van der Waals surface area contributed by atoms with Crippen LogP contribution in [0.25, 0.3) is 0 Å². The lowest BCUT2D eigenvalue weighted by atomic mass is 10.3. The Morgan fingerprint density at radius 3 is 2.64 bits per heavy atom. The molecule has 0 aromatic carbocycles. The largest absolute Gasteiger partial charge is 0.302 e. The van der Waals surface area contributed by atoms with Crippen molar-refractivity contribution in [1.29, 1.82) is 0 Å². The number of rotatable bonds is 6. The lowest BCUT2D eigenvalue weighted by Gasteiger charge is -2.21. The lowest BCUT2D eigenvalue weighted by molar-refractivity contribution is 0.268. The molecule has 1 aliphatic heterocycles. The summed E-state index contributed by atoms with van der Waals surface area (Å²) in [5.74, 6) is 0.577. The molecule has 0 spiro atoms. The van der Waals surface area contributed by atoms with Crippen molar-refractivity contribution in [3.05, 3.63) is 12.2 Å². The van der Waals surface area contributed by atoms with Gasteiger partial charge in [-0.3, -0.25) is 0 Å². The molecule has 0 aromatic heterocycles. The van der Waals surface area contributed by atoms with Crippen LogP contribution in [0.1, 0.15) is 12.8 Å². The van der Waals surface area contributed by atoms with E-state index >= 15 is 0 Å². The molecule has 0 N–H and O–H groups in total. The number of nitrogens with zero attached hydrogens (tertiary/aromatic N) is 2. The van der Waals surface area contributed by atoms with Crippen molar-refractivity contribution < 1.29 is 0 Å². The Hall–Kier alpha value is -0.0500. The standard InChI is InChI=1S/C11H21ClN2/c1-11(9-12)10-13(2)7-8-14-5-3-4-6-14/h1,3-10H2,2H3. The van der Waals surface area contributed by atoms with Gasteiger partial charge in [0.2, 0.25) is 0 Å². The molecule has 0 amide bonds. The smallest absolute Gasteiger partial charge is 0.0443 e. The Morgan fingerprint density at radius 1 is 1.43 bits per heavy atom. The molecule has 1 heterocycles. The zero-order valence-electron chi connectivity index (χ0n) is 9.14. The first-order chi connectivity index (χ1) is 6.72. The molecule has 82 valence electrons. The monoisotopic (exact) mass is 216 g/mol. The summed E-state index contributed by atoms with van der Waals surface area (Å²) in [6.07, 6.45) is 2.75. The average molecular weight is 217 g/mol. The summed E-state index contributed by atoms with van der Waals surface area (Å²) in [5, 5.41) is 0. The topological polar surface area (TPSA) is 6.48 Å². The minimum Gasteiger partial charge on any atom is -0.302 e. The highest BCUT2D eigenvalue weighted by Crippen LogP contribution is 2.06.